The number of nitrogens with one attached hydrogen (secondary N) is 1. The van der Waals surface area contributed by atoms with E-state index in [2.05, 4.69) is 31.3 Å². The van der Waals surface area contributed by atoms with Crippen LogP contribution in [0.2, 0.25) is 0 Å². The minimum absolute atomic E-state index is 0.0251. The van der Waals surface area contributed by atoms with E-state index in [0.29, 0.717) is 5.92 Å². The van der Waals surface area contributed by atoms with Gasteiger partial charge in [0.15, 0.2) is 0 Å². The van der Waals surface area contributed by atoms with Crippen molar-refractivity contribution < 1.29 is 4.79 Å². The van der Waals surface area contributed by atoms with Gasteiger partial charge in [0.25, 0.3) is 0 Å². The van der Waals surface area contributed by atoms with Crippen molar-refractivity contribution in [1.82, 2.24) is 5.32 Å². The first kappa shape index (κ1) is 16.7. The summed E-state index contributed by atoms with van der Waals surface area (Å²) in [6.45, 7) is 10.3. The molecular formula is C17H28N2O. The third-order valence-electron chi connectivity index (χ3n) is 3.44. The van der Waals surface area contributed by atoms with Crippen LogP contribution in [0.4, 0.5) is 0 Å². The SMILES string of the molecule is CC(C)CC(NC(=O)[C@H](N)C(C)(C)C)c1ccccc1. The molecule has 112 valence electrons. The predicted octanol–water partition coefficient (Wildman–Crippen LogP) is 3.26. The Morgan fingerprint density at radius 1 is 1.20 bits per heavy atom. The van der Waals surface area contributed by atoms with Crippen LogP contribution >= 0.6 is 0 Å². The van der Waals surface area contributed by atoms with E-state index in [1.54, 1.807) is 0 Å². The molecule has 3 nitrogen and oxygen atoms in total. The van der Waals surface area contributed by atoms with Crippen molar-refractivity contribution in [2.45, 2.75) is 53.1 Å². The van der Waals surface area contributed by atoms with Crippen LogP contribution < -0.4 is 11.1 Å². The molecule has 2 atom stereocenters. The van der Waals surface area contributed by atoms with E-state index in [-0.39, 0.29) is 17.4 Å². The lowest BCUT2D eigenvalue weighted by molar-refractivity contribution is -0.125. The van der Waals surface area contributed by atoms with Crippen LogP contribution in [-0.4, -0.2) is 11.9 Å². The van der Waals surface area contributed by atoms with Crippen LogP contribution in [0.1, 0.15) is 52.6 Å². The first-order valence-corrected chi connectivity index (χ1v) is 7.32. The van der Waals surface area contributed by atoms with E-state index < -0.39 is 6.04 Å². The number of nitrogens with two attached hydrogens (primary N) is 1. The largest absolute Gasteiger partial charge is 0.348 e. The first-order chi connectivity index (χ1) is 9.21. The molecule has 0 aliphatic rings. The Morgan fingerprint density at radius 3 is 2.20 bits per heavy atom. The van der Waals surface area contributed by atoms with Gasteiger partial charge in [-0.25, -0.2) is 0 Å². The Morgan fingerprint density at radius 2 is 1.75 bits per heavy atom. The first-order valence-electron chi connectivity index (χ1n) is 7.32. The Hall–Kier alpha value is -1.35. The highest BCUT2D eigenvalue weighted by Crippen LogP contribution is 2.23. The van der Waals surface area contributed by atoms with E-state index in [1.807, 2.05) is 39.0 Å². The summed E-state index contributed by atoms with van der Waals surface area (Å²) < 4.78 is 0. The second-order valence-corrected chi connectivity index (χ2v) is 6.95. The molecule has 3 N–H and O–H groups in total. The molecule has 1 rings (SSSR count). The Labute approximate surface area is 122 Å². The monoisotopic (exact) mass is 276 g/mol. The summed E-state index contributed by atoms with van der Waals surface area (Å²) >= 11 is 0. The highest BCUT2D eigenvalue weighted by Gasteiger charge is 2.29. The van der Waals surface area contributed by atoms with Crippen LogP contribution in [0.3, 0.4) is 0 Å². The highest BCUT2D eigenvalue weighted by atomic mass is 16.2. The molecule has 1 aromatic carbocycles. The fourth-order valence-corrected chi connectivity index (χ4v) is 2.09. The van der Waals surface area contributed by atoms with Gasteiger partial charge in [-0.3, -0.25) is 4.79 Å². The summed E-state index contributed by atoms with van der Waals surface area (Å²) in [6.07, 6.45) is 0.909. The fourth-order valence-electron chi connectivity index (χ4n) is 2.09. The minimum atomic E-state index is -0.499. The van der Waals surface area contributed by atoms with Gasteiger partial charge in [0.05, 0.1) is 12.1 Å². The maximum absolute atomic E-state index is 12.3. The molecule has 0 fully saturated rings. The lowest BCUT2D eigenvalue weighted by Crippen LogP contribution is -2.49. The zero-order valence-corrected chi connectivity index (χ0v) is 13.3. The van der Waals surface area contributed by atoms with Gasteiger partial charge in [0, 0.05) is 0 Å². The number of amides is 1. The summed E-state index contributed by atoms with van der Waals surface area (Å²) in [5, 5.41) is 3.11. The fraction of sp³-hybridized carbons (Fsp3) is 0.588. The third kappa shape index (κ3) is 4.97. The van der Waals surface area contributed by atoms with Crippen molar-refractivity contribution in [1.29, 1.82) is 0 Å². The second-order valence-electron chi connectivity index (χ2n) is 6.95. The Balaban J connectivity index is 2.84. The van der Waals surface area contributed by atoms with Crippen LogP contribution in [0, 0.1) is 11.3 Å². The molecule has 3 heteroatoms. The number of hydrogen-bond donors (Lipinski definition) is 2. The van der Waals surface area contributed by atoms with E-state index in [9.17, 15) is 4.79 Å². The molecule has 20 heavy (non-hydrogen) atoms. The lowest BCUT2D eigenvalue weighted by Gasteiger charge is -2.29. The Kier molecular flexibility index (Phi) is 5.75. The average Bonchev–Trinajstić information content (AvgIpc) is 2.36. The minimum Gasteiger partial charge on any atom is -0.348 e. The van der Waals surface area contributed by atoms with E-state index in [1.165, 1.54) is 0 Å². The molecule has 0 saturated heterocycles. The summed E-state index contributed by atoms with van der Waals surface area (Å²) in [7, 11) is 0. The maximum atomic E-state index is 12.3. The molecule has 0 aliphatic carbocycles. The number of benzene rings is 1. The molecule has 0 aliphatic heterocycles. The van der Waals surface area contributed by atoms with Gasteiger partial charge in [-0.2, -0.15) is 0 Å². The normalized spacial score (nSPS) is 14.9. The summed E-state index contributed by atoms with van der Waals surface area (Å²) in [5.74, 6) is 0.429. The molecule has 0 saturated carbocycles. The molecule has 0 radical (unpaired) electrons. The molecule has 0 bridgehead atoms. The van der Waals surface area contributed by atoms with Gasteiger partial charge in [-0.1, -0.05) is 65.0 Å². The van der Waals surface area contributed by atoms with Gasteiger partial charge in [-0.15, -0.1) is 0 Å². The van der Waals surface area contributed by atoms with Crippen molar-refractivity contribution in [3.8, 4) is 0 Å². The molecule has 1 amide bonds. The van der Waals surface area contributed by atoms with Crippen LogP contribution in [0.25, 0.3) is 0 Å². The summed E-state index contributed by atoms with van der Waals surface area (Å²) in [4.78, 5) is 12.3. The number of carbonyl (C=O) groups excluding carboxylic acids is 1. The van der Waals surface area contributed by atoms with Crippen molar-refractivity contribution in [3.63, 3.8) is 0 Å². The zero-order valence-electron chi connectivity index (χ0n) is 13.3. The molecule has 0 heterocycles. The maximum Gasteiger partial charge on any atom is 0.237 e. The molecular weight excluding hydrogens is 248 g/mol. The standard InChI is InChI=1S/C17H28N2O/c1-12(2)11-14(13-9-7-6-8-10-13)19-16(20)15(18)17(3,4)5/h6-10,12,14-15H,11,18H2,1-5H3,(H,19,20)/t14?,15-/m0/s1. The quantitative estimate of drug-likeness (QED) is 0.867. The third-order valence-corrected chi connectivity index (χ3v) is 3.44. The van der Waals surface area contributed by atoms with Crippen molar-refractivity contribution >= 4 is 5.91 Å². The van der Waals surface area contributed by atoms with E-state index in [0.717, 1.165) is 12.0 Å². The smallest absolute Gasteiger partial charge is 0.237 e. The van der Waals surface area contributed by atoms with Crippen molar-refractivity contribution in [2.75, 3.05) is 0 Å². The van der Waals surface area contributed by atoms with Crippen molar-refractivity contribution in [3.05, 3.63) is 35.9 Å². The topological polar surface area (TPSA) is 55.1 Å². The number of rotatable bonds is 5. The van der Waals surface area contributed by atoms with Crippen molar-refractivity contribution in [2.24, 2.45) is 17.1 Å². The van der Waals surface area contributed by atoms with Crippen LogP contribution in [0.5, 0.6) is 0 Å². The van der Waals surface area contributed by atoms with Gasteiger partial charge in [0.2, 0.25) is 5.91 Å². The van der Waals surface area contributed by atoms with E-state index >= 15 is 0 Å². The van der Waals surface area contributed by atoms with Gasteiger partial charge >= 0.3 is 0 Å². The van der Waals surface area contributed by atoms with Gasteiger partial charge in [0.1, 0.15) is 0 Å². The average molecular weight is 276 g/mol. The zero-order chi connectivity index (χ0) is 15.3. The lowest BCUT2D eigenvalue weighted by atomic mass is 9.86. The molecule has 1 unspecified atom stereocenters. The molecule has 1 aromatic rings. The Bertz CT molecular complexity index is 420. The molecule has 0 spiro atoms. The van der Waals surface area contributed by atoms with Gasteiger partial charge in [-0.05, 0) is 23.3 Å². The molecule has 0 aromatic heterocycles. The van der Waals surface area contributed by atoms with Crippen LogP contribution in [0.15, 0.2) is 30.3 Å². The summed E-state index contributed by atoms with van der Waals surface area (Å²) in [5.41, 5.74) is 6.94. The summed E-state index contributed by atoms with van der Waals surface area (Å²) in [6, 6.07) is 9.61. The van der Waals surface area contributed by atoms with Crippen LogP contribution in [-0.2, 0) is 4.79 Å². The second kappa shape index (κ2) is 6.89. The highest BCUT2D eigenvalue weighted by molar-refractivity contribution is 5.82. The van der Waals surface area contributed by atoms with E-state index in [4.69, 9.17) is 5.73 Å². The predicted molar refractivity (Wildman–Crippen MR) is 84.2 cm³/mol. The number of carbonyl (C=O) groups is 1. The number of hydrogen-bond acceptors (Lipinski definition) is 2. The van der Waals surface area contributed by atoms with Gasteiger partial charge < -0.3 is 11.1 Å².